The highest BCUT2D eigenvalue weighted by Gasteiger charge is 2.21. The smallest absolute Gasteiger partial charge is 0.181 e. The van der Waals surface area contributed by atoms with Crippen LogP contribution in [-0.2, 0) is 0 Å². The van der Waals surface area contributed by atoms with Crippen LogP contribution in [0.4, 0.5) is 5.82 Å². The van der Waals surface area contributed by atoms with Gasteiger partial charge in [-0.25, -0.2) is 0 Å². The molecule has 0 aliphatic rings. The van der Waals surface area contributed by atoms with Crippen molar-refractivity contribution in [2.75, 3.05) is 5.73 Å². The number of nitrogens with two attached hydrogens (primary N) is 1. The fraction of sp³-hybridized carbons (Fsp3) is 0.154. The number of aromatic nitrogens is 1. The van der Waals surface area contributed by atoms with Gasteiger partial charge in [0.15, 0.2) is 11.6 Å². The molecule has 4 nitrogen and oxygen atoms in total. The summed E-state index contributed by atoms with van der Waals surface area (Å²) in [7, 11) is 0. The second kappa shape index (κ2) is 4.03. The van der Waals surface area contributed by atoms with E-state index in [1.54, 1.807) is 11.3 Å². The third-order valence-corrected chi connectivity index (χ3v) is 3.66. The summed E-state index contributed by atoms with van der Waals surface area (Å²) in [4.78, 5) is 1.04. The number of thiophene rings is 1. The minimum atomic E-state index is 0.408. The first-order valence-electron chi connectivity index (χ1n) is 5.53. The molecular weight excluding hydrogens is 248 g/mol. The molecule has 0 unspecified atom stereocenters. The molecule has 0 radical (unpaired) electrons. The van der Waals surface area contributed by atoms with E-state index in [1.165, 1.54) is 0 Å². The normalized spacial score (nSPS) is 11.0. The van der Waals surface area contributed by atoms with E-state index in [0.717, 1.165) is 27.5 Å². The second-order valence-electron chi connectivity index (χ2n) is 4.08. The van der Waals surface area contributed by atoms with Gasteiger partial charge in [-0.1, -0.05) is 11.2 Å². The summed E-state index contributed by atoms with van der Waals surface area (Å²) in [5, 5.41) is 5.87. The summed E-state index contributed by atoms with van der Waals surface area (Å²) in [5.41, 5.74) is 7.64. The third kappa shape index (κ3) is 1.64. The minimum absolute atomic E-state index is 0.408. The van der Waals surface area contributed by atoms with Crippen LogP contribution in [0.2, 0.25) is 0 Å². The zero-order chi connectivity index (χ0) is 12.7. The van der Waals surface area contributed by atoms with Crippen molar-refractivity contribution in [1.29, 1.82) is 0 Å². The molecule has 0 saturated carbocycles. The van der Waals surface area contributed by atoms with Gasteiger partial charge in [-0.05, 0) is 31.4 Å². The molecule has 0 aliphatic carbocycles. The molecule has 0 amide bonds. The molecule has 3 aromatic heterocycles. The number of nitrogen functional groups attached to an aromatic ring is 1. The summed E-state index contributed by atoms with van der Waals surface area (Å²) in [6.45, 7) is 3.81. The molecule has 0 saturated heterocycles. The molecule has 0 aliphatic heterocycles. The van der Waals surface area contributed by atoms with E-state index in [9.17, 15) is 0 Å². The first-order chi connectivity index (χ1) is 8.66. The van der Waals surface area contributed by atoms with E-state index >= 15 is 0 Å². The Labute approximate surface area is 108 Å². The van der Waals surface area contributed by atoms with E-state index in [2.05, 4.69) is 5.16 Å². The van der Waals surface area contributed by atoms with Crippen molar-refractivity contribution < 1.29 is 8.94 Å². The summed E-state index contributed by atoms with van der Waals surface area (Å²) >= 11 is 1.61. The van der Waals surface area contributed by atoms with Crippen molar-refractivity contribution in [3.8, 4) is 21.8 Å². The fourth-order valence-corrected chi connectivity index (χ4v) is 2.78. The lowest BCUT2D eigenvalue weighted by Crippen LogP contribution is -1.86. The number of hydrogen-bond donors (Lipinski definition) is 1. The average Bonchev–Trinajstić information content (AvgIpc) is 2.99. The maximum Gasteiger partial charge on any atom is 0.181 e. The summed E-state index contributed by atoms with van der Waals surface area (Å²) in [6.07, 6.45) is 0. The molecular formula is C13H12N2O2S. The van der Waals surface area contributed by atoms with Crippen LogP contribution in [0.1, 0.15) is 11.5 Å². The lowest BCUT2D eigenvalue weighted by atomic mass is 10.1. The van der Waals surface area contributed by atoms with Crippen LogP contribution in [0.5, 0.6) is 0 Å². The summed E-state index contributed by atoms with van der Waals surface area (Å²) in [5.74, 6) is 2.73. The zero-order valence-corrected chi connectivity index (χ0v) is 10.9. The molecule has 5 heteroatoms. The van der Waals surface area contributed by atoms with Gasteiger partial charge >= 0.3 is 0 Å². The van der Waals surface area contributed by atoms with Gasteiger partial charge in [0.25, 0.3) is 0 Å². The van der Waals surface area contributed by atoms with E-state index < -0.39 is 0 Å². The Balaban J connectivity index is 2.23. The number of hydrogen-bond acceptors (Lipinski definition) is 5. The predicted octanol–water partition coefficient (Wildman–Crippen LogP) is 3.86. The van der Waals surface area contributed by atoms with Gasteiger partial charge in [0.05, 0.1) is 11.1 Å². The topological polar surface area (TPSA) is 65.2 Å². The SMILES string of the molecule is Cc1cc(-c2onc(N)c2-c2cccs2)c(C)o1. The largest absolute Gasteiger partial charge is 0.466 e. The van der Waals surface area contributed by atoms with Gasteiger partial charge in [0.1, 0.15) is 11.5 Å². The lowest BCUT2D eigenvalue weighted by Gasteiger charge is -1.97. The third-order valence-electron chi connectivity index (χ3n) is 2.77. The molecule has 18 heavy (non-hydrogen) atoms. The van der Waals surface area contributed by atoms with Gasteiger partial charge in [-0.2, -0.15) is 0 Å². The van der Waals surface area contributed by atoms with Gasteiger partial charge in [-0.15, -0.1) is 11.3 Å². The van der Waals surface area contributed by atoms with Crippen LogP contribution in [0.25, 0.3) is 21.8 Å². The number of nitrogens with zero attached hydrogens (tertiary/aromatic N) is 1. The average molecular weight is 260 g/mol. The lowest BCUT2D eigenvalue weighted by molar-refractivity contribution is 0.434. The second-order valence-corrected chi connectivity index (χ2v) is 5.02. The zero-order valence-electron chi connectivity index (χ0n) is 10.1. The van der Waals surface area contributed by atoms with E-state index in [1.807, 2.05) is 37.4 Å². The number of anilines is 1. The Morgan fingerprint density at radius 2 is 2.17 bits per heavy atom. The van der Waals surface area contributed by atoms with Crippen molar-refractivity contribution in [2.45, 2.75) is 13.8 Å². The van der Waals surface area contributed by atoms with Crippen LogP contribution >= 0.6 is 11.3 Å². The van der Waals surface area contributed by atoms with E-state index in [4.69, 9.17) is 14.7 Å². The van der Waals surface area contributed by atoms with Crippen LogP contribution in [0, 0.1) is 13.8 Å². The van der Waals surface area contributed by atoms with E-state index in [0.29, 0.717) is 11.6 Å². The fourth-order valence-electron chi connectivity index (χ4n) is 2.00. The molecule has 0 aromatic carbocycles. The van der Waals surface area contributed by atoms with Gasteiger partial charge in [0, 0.05) is 4.88 Å². The Hall–Kier alpha value is -2.01. The molecule has 0 spiro atoms. The number of aryl methyl sites for hydroxylation is 2. The first kappa shape index (κ1) is 11.1. The maximum absolute atomic E-state index is 5.90. The summed E-state index contributed by atoms with van der Waals surface area (Å²) < 4.78 is 10.9. The van der Waals surface area contributed by atoms with E-state index in [-0.39, 0.29) is 0 Å². The van der Waals surface area contributed by atoms with Crippen molar-refractivity contribution in [2.24, 2.45) is 0 Å². The highest BCUT2D eigenvalue weighted by Crippen LogP contribution is 2.40. The molecule has 0 fully saturated rings. The monoisotopic (exact) mass is 260 g/mol. The Morgan fingerprint density at radius 1 is 1.33 bits per heavy atom. The Kier molecular flexibility index (Phi) is 2.48. The highest BCUT2D eigenvalue weighted by molar-refractivity contribution is 7.13. The quantitative estimate of drug-likeness (QED) is 0.759. The molecule has 3 aromatic rings. The van der Waals surface area contributed by atoms with Gasteiger partial charge in [0.2, 0.25) is 0 Å². The molecule has 3 heterocycles. The van der Waals surface area contributed by atoms with Gasteiger partial charge < -0.3 is 14.7 Å². The maximum atomic E-state index is 5.90. The molecule has 92 valence electrons. The molecule has 0 bridgehead atoms. The number of rotatable bonds is 2. The van der Waals surface area contributed by atoms with Crippen molar-refractivity contribution in [3.63, 3.8) is 0 Å². The molecule has 2 N–H and O–H groups in total. The standard InChI is InChI=1S/C13H12N2O2S/c1-7-6-9(8(2)16-7)12-11(13(14)15-17-12)10-4-3-5-18-10/h3-6H,1-2H3,(H2,14,15). The predicted molar refractivity (Wildman–Crippen MR) is 71.4 cm³/mol. The van der Waals surface area contributed by atoms with Crippen LogP contribution in [0.3, 0.4) is 0 Å². The van der Waals surface area contributed by atoms with Crippen LogP contribution < -0.4 is 5.73 Å². The van der Waals surface area contributed by atoms with Crippen molar-refractivity contribution >= 4 is 17.2 Å². The van der Waals surface area contributed by atoms with Crippen molar-refractivity contribution in [3.05, 3.63) is 35.1 Å². The number of furan rings is 1. The minimum Gasteiger partial charge on any atom is -0.466 e. The first-order valence-corrected chi connectivity index (χ1v) is 6.41. The summed E-state index contributed by atoms with van der Waals surface area (Å²) in [6, 6.07) is 5.91. The Bertz CT molecular complexity index is 680. The van der Waals surface area contributed by atoms with Crippen molar-refractivity contribution in [1.82, 2.24) is 5.16 Å². The highest BCUT2D eigenvalue weighted by atomic mass is 32.1. The van der Waals surface area contributed by atoms with Gasteiger partial charge in [-0.3, -0.25) is 0 Å². The van der Waals surface area contributed by atoms with Crippen LogP contribution in [0.15, 0.2) is 32.5 Å². The van der Waals surface area contributed by atoms with Crippen LogP contribution in [-0.4, -0.2) is 5.16 Å². The molecule has 3 rings (SSSR count). The Morgan fingerprint density at radius 3 is 2.78 bits per heavy atom. The molecule has 0 atom stereocenters.